The van der Waals surface area contributed by atoms with Crippen molar-refractivity contribution in [3.63, 3.8) is 0 Å². The Balaban J connectivity index is 0.928. The third-order valence-electron chi connectivity index (χ3n) is 11.7. The number of para-hydroxylation sites is 2. The van der Waals surface area contributed by atoms with Crippen molar-refractivity contribution in [3.8, 4) is 34.0 Å². The predicted octanol–water partition coefficient (Wildman–Crippen LogP) is 14.9. The lowest BCUT2D eigenvalue weighted by Crippen LogP contribution is -2.10. The molecule has 0 atom stereocenters. The van der Waals surface area contributed by atoms with Crippen molar-refractivity contribution in [2.75, 3.05) is 4.90 Å². The Labute approximate surface area is 345 Å². The van der Waals surface area contributed by atoms with Crippen LogP contribution in [0.4, 0.5) is 17.1 Å². The van der Waals surface area contributed by atoms with Crippen molar-refractivity contribution in [2.45, 2.75) is 0 Å². The maximum atomic E-state index is 6.12. The second-order valence-corrected chi connectivity index (χ2v) is 15.3. The highest BCUT2D eigenvalue weighted by molar-refractivity contribution is 6.10. The summed E-state index contributed by atoms with van der Waals surface area (Å²) >= 11 is 0. The summed E-state index contributed by atoms with van der Waals surface area (Å²) in [5, 5.41) is 10.7. The van der Waals surface area contributed by atoms with Crippen LogP contribution in [0.5, 0.6) is 0 Å². The van der Waals surface area contributed by atoms with E-state index in [-0.39, 0.29) is 0 Å². The fourth-order valence-corrected chi connectivity index (χ4v) is 8.63. The Morgan fingerprint density at radius 3 is 1.72 bits per heavy atom. The summed E-state index contributed by atoms with van der Waals surface area (Å²) in [4.78, 5) is 16.9. The first-order chi connectivity index (χ1) is 29.7. The molecule has 0 bridgehead atoms. The van der Waals surface area contributed by atoms with Gasteiger partial charge in [0.25, 0.3) is 0 Å². The number of benzene rings is 10. The van der Waals surface area contributed by atoms with Gasteiger partial charge in [-0.1, -0.05) is 109 Å². The van der Waals surface area contributed by atoms with Gasteiger partial charge in [-0.3, -0.25) is 0 Å². The van der Waals surface area contributed by atoms with Crippen LogP contribution in [0.25, 0.3) is 99.1 Å². The van der Waals surface area contributed by atoms with Gasteiger partial charge in [-0.15, -0.1) is 0 Å². The van der Waals surface area contributed by atoms with E-state index in [4.69, 9.17) is 19.4 Å². The average Bonchev–Trinajstić information content (AvgIpc) is 3.76. The van der Waals surface area contributed by atoms with Crippen molar-refractivity contribution >= 4 is 82.2 Å². The molecule has 2 heterocycles. The molecular weight excluding hydrogens is 733 g/mol. The molecule has 0 spiro atoms. The third kappa shape index (κ3) is 5.83. The van der Waals surface area contributed by atoms with Gasteiger partial charge in [0.2, 0.25) is 5.89 Å². The van der Waals surface area contributed by atoms with E-state index in [1.165, 1.54) is 48.8 Å². The normalized spacial score (nSPS) is 11.7. The van der Waals surface area contributed by atoms with Gasteiger partial charge in [-0.2, -0.15) is 0 Å². The van der Waals surface area contributed by atoms with Crippen molar-refractivity contribution in [2.24, 2.45) is 0 Å². The van der Waals surface area contributed by atoms with E-state index in [0.29, 0.717) is 11.7 Å². The predicted molar refractivity (Wildman–Crippen MR) is 248 cm³/mol. The van der Waals surface area contributed by atoms with Crippen LogP contribution < -0.4 is 4.90 Å². The molecule has 2 aromatic heterocycles. The molecule has 280 valence electrons. The molecule has 12 rings (SSSR count). The van der Waals surface area contributed by atoms with Crippen LogP contribution in [0.2, 0.25) is 0 Å². The highest BCUT2D eigenvalue weighted by Gasteiger charge is 2.17. The van der Waals surface area contributed by atoms with Gasteiger partial charge in [0.15, 0.2) is 11.4 Å². The molecule has 0 saturated heterocycles. The topological polar surface area (TPSA) is 55.1 Å². The molecule has 0 aliphatic heterocycles. The molecule has 0 aliphatic rings. The molecule has 0 radical (unpaired) electrons. The van der Waals surface area contributed by atoms with Gasteiger partial charge in [-0.05, 0) is 145 Å². The highest BCUT2D eigenvalue weighted by atomic mass is 16.3. The zero-order chi connectivity index (χ0) is 39.6. The minimum absolute atomic E-state index is 0.600. The summed E-state index contributed by atoms with van der Waals surface area (Å²) in [7, 11) is 0. The van der Waals surface area contributed by atoms with Crippen LogP contribution in [-0.4, -0.2) is 15.0 Å². The molecule has 0 aliphatic carbocycles. The van der Waals surface area contributed by atoms with E-state index in [2.05, 4.69) is 181 Å². The zero-order valence-corrected chi connectivity index (χ0v) is 32.3. The first-order valence-electron chi connectivity index (χ1n) is 20.2. The fourth-order valence-electron chi connectivity index (χ4n) is 8.63. The number of oxazole rings is 1. The van der Waals surface area contributed by atoms with Gasteiger partial charge in [-0.25, -0.2) is 15.0 Å². The fraction of sp³-hybridized carbons (Fsp3) is 0. The maximum Gasteiger partial charge on any atom is 0.227 e. The smallest absolute Gasteiger partial charge is 0.227 e. The van der Waals surface area contributed by atoms with E-state index < -0.39 is 0 Å². The number of fused-ring (bicyclic) bond motifs is 8. The Bertz CT molecular complexity index is 3580. The minimum Gasteiger partial charge on any atom is -0.436 e. The number of rotatable bonds is 6. The molecule has 0 amide bonds. The van der Waals surface area contributed by atoms with Crippen LogP contribution in [0.3, 0.4) is 0 Å². The van der Waals surface area contributed by atoms with Gasteiger partial charge in [0.05, 0.1) is 5.52 Å². The van der Waals surface area contributed by atoms with Gasteiger partial charge >= 0.3 is 0 Å². The molecule has 0 N–H and O–H groups in total. The largest absolute Gasteiger partial charge is 0.436 e. The van der Waals surface area contributed by atoms with E-state index in [0.717, 1.165) is 55.6 Å². The van der Waals surface area contributed by atoms with E-state index >= 15 is 0 Å². The number of aromatic nitrogens is 3. The van der Waals surface area contributed by atoms with E-state index in [9.17, 15) is 0 Å². The van der Waals surface area contributed by atoms with Crippen molar-refractivity contribution in [1.82, 2.24) is 15.0 Å². The molecule has 0 fully saturated rings. The zero-order valence-electron chi connectivity index (χ0n) is 32.3. The first kappa shape index (κ1) is 33.9. The lowest BCUT2D eigenvalue weighted by atomic mass is 9.96. The Kier molecular flexibility index (Phi) is 7.78. The summed E-state index contributed by atoms with van der Waals surface area (Å²) in [6.45, 7) is 0. The van der Waals surface area contributed by atoms with E-state index in [1.807, 2.05) is 30.5 Å². The van der Waals surface area contributed by atoms with Crippen LogP contribution >= 0.6 is 0 Å². The van der Waals surface area contributed by atoms with Gasteiger partial charge < -0.3 is 9.32 Å². The number of hydrogen-bond acceptors (Lipinski definition) is 5. The molecule has 5 nitrogen and oxygen atoms in total. The van der Waals surface area contributed by atoms with Crippen molar-refractivity contribution < 1.29 is 4.42 Å². The lowest BCUT2D eigenvalue weighted by molar-refractivity contribution is 0.620. The minimum atomic E-state index is 0.600. The first-order valence-corrected chi connectivity index (χ1v) is 20.2. The van der Waals surface area contributed by atoms with E-state index in [1.54, 1.807) is 0 Å². The van der Waals surface area contributed by atoms with Crippen LogP contribution in [0, 0.1) is 0 Å². The highest BCUT2D eigenvalue weighted by Crippen LogP contribution is 2.40. The Hall–Kier alpha value is -8.15. The second-order valence-electron chi connectivity index (χ2n) is 15.3. The SMILES string of the molecule is c1ccc2cc(-c3ccc4c(ccc5cc(N(c6ccc(-c7ncc8c(ccc9ccccc98)n7)cc6)c6ccc(-c7nc8ccccc8o7)cc6)ccc54)c3)ccc2c1. The lowest BCUT2D eigenvalue weighted by Gasteiger charge is -2.26. The second kappa shape index (κ2) is 13.8. The molecule has 60 heavy (non-hydrogen) atoms. The number of anilines is 3. The quantitative estimate of drug-likeness (QED) is 0.158. The maximum absolute atomic E-state index is 6.12. The Morgan fingerprint density at radius 2 is 0.917 bits per heavy atom. The molecule has 10 aromatic carbocycles. The van der Waals surface area contributed by atoms with Gasteiger partial charge in [0, 0.05) is 39.8 Å². The standard InChI is InChI=1S/C55H34N4O/c1-2-9-39-31-40(14-13-35(39)7-1)41-21-28-48-42(32-41)15-16-43-33-46(27-29-49(43)48)59(45-25-19-38(20-26-45)55-58-52-11-5-6-12-53(52)60-55)44-23-17-37(18-24-44)54-56-34-50-47-10-4-3-8-36(47)22-30-51(50)57-54/h1-34H. The van der Waals surface area contributed by atoms with Crippen LogP contribution in [-0.2, 0) is 0 Å². The summed E-state index contributed by atoms with van der Waals surface area (Å²) < 4.78 is 6.12. The monoisotopic (exact) mass is 766 g/mol. The average molecular weight is 767 g/mol. The number of nitrogens with zero attached hydrogens (tertiary/aromatic N) is 4. The van der Waals surface area contributed by atoms with Crippen LogP contribution in [0.15, 0.2) is 211 Å². The van der Waals surface area contributed by atoms with Crippen molar-refractivity contribution in [3.05, 3.63) is 206 Å². The van der Waals surface area contributed by atoms with Crippen LogP contribution in [0.1, 0.15) is 0 Å². The molecule has 12 aromatic rings. The molecule has 0 saturated carbocycles. The summed E-state index contributed by atoms with van der Waals surface area (Å²) in [5.41, 5.74) is 9.91. The van der Waals surface area contributed by atoms with Gasteiger partial charge in [0.1, 0.15) is 5.52 Å². The van der Waals surface area contributed by atoms with Crippen molar-refractivity contribution in [1.29, 1.82) is 0 Å². The summed E-state index contributed by atoms with van der Waals surface area (Å²) in [6, 6.07) is 70.7. The third-order valence-corrected chi connectivity index (χ3v) is 11.7. The summed E-state index contributed by atoms with van der Waals surface area (Å²) in [6.07, 6.45) is 1.95. The Morgan fingerprint density at radius 1 is 0.350 bits per heavy atom. The summed E-state index contributed by atoms with van der Waals surface area (Å²) in [5.74, 6) is 1.29. The number of hydrogen-bond donors (Lipinski definition) is 0. The molecule has 0 unspecified atom stereocenters. The molecular formula is C55H34N4O. The molecule has 5 heteroatoms.